The van der Waals surface area contributed by atoms with Crippen LogP contribution in [0, 0.1) is 0 Å². The van der Waals surface area contributed by atoms with Gasteiger partial charge in [-0.25, -0.2) is 0 Å². The van der Waals surface area contributed by atoms with Crippen LogP contribution in [0.15, 0.2) is 24.3 Å². The van der Waals surface area contributed by atoms with Crippen molar-refractivity contribution in [2.24, 2.45) is 5.73 Å². The molecule has 1 aliphatic heterocycles. The summed E-state index contributed by atoms with van der Waals surface area (Å²) < 4.78 is 5.44. The fourth-order valence-corrected chi connectivity index (χ4v) is 2.43. The van der Waals surface area contributed by atoms with Gasteiger partial charge in [-0.15, -0.1) is 0 Å². The summed E-state index contributed by atoms with van der Waals surface area (Å²) in [5.41, 5.74) is 8.79. The molecule has 100 valence electrons. The molecule has 0 aliphatic carbocycles. The monoisotopic (exact) mass is 248 g/mol. The van der Waals surface area contributed by atoms with Crippen LogP contribution in [-0.4, -0.2) is 31.8 Å². The zero-order valence-electron chi connectivity index (χ0n) is 11.6. The Hall–Kier alpha value is -1.06. The molecular weight excluding hydrogens is 224 g/mol. The molecule has 1 heterocycles. The van der Waals surface area contributed by atoms with Gasteiger partial charge in [-0.3, -0.25) is 0 Å². The SMILES string of the molecule is COC(C)(C)C(N)CCN1CCc2ccccc21. The third kappa shape index (κ3) is 2.68. The Morgan fingerprint density at radius 2 is 2.11 bits per heavy atom. The third-order valence-electron chi connectivity index (χ3n) is 4.11. The summed E-state index contributed by atoms with van der Waals surface area (Å²) in [6.07, 6.45) is 2.11. The number of nitrogens with two attached hydrogens (primary N) is 1. The topological polar surface area (TPSA) is 38.5 Å². The first-order valence-corrected chi connectivity index (χ1v) is 6.68. The molecule has 0 radical (unpaired) electrons. The molecular formula is C15H24N2O. The molecule has 1 aromatic rings. The zero-order chi connectivity index (χ0) is 13.2. The van der Waals surface area contributed by atoms with Crippen molar-refractivity contribution in [2.45, 2.75) is 38.3 Å². The first-order valence-electron chi connectivity index (χ1n) is 6.68. The molecule has 3 nitrogen and oxygen atoms in total. The molecule has 1 unspecified atom stereocenters. The van der Waals surface area contributed by atoms with Gasteiger partial charge in [0.15, 0.2) is 0 Å². The van der Waals surface area contributed by atoms with Gasteiger partial charge in [0.2, 0.25) is 0 Å². The molecule has 1 atom stereocenters. The summed E-state index contributed by atoms with van der Waals surface area (Å²) >= 11 is 0. The molecule has 18 heavy (non-hydrogen) atoms. The average Bonchev–Trinajstić information content (AvgIpc) is 2.79. The number of fused-ring (bicyclic) bond motifs is 1. The second-order valence-electron chi connectivity index (χ2n) is 5.57. The van der Waals surface area contributed by atoms with Crippen molar-refractivity contribution < 1.29 is 4.74 Å². The highest BCUT2D eigenvalue weighted by molar-refractivity contribution is 5.57. The van der Waals surface area contributed by atoms with E-state index in [1.807, 2.05) is 0 Å². The lowest BCUT2D eigenvalue weighted by Gasteiger charge is -2.31. The van der Waals surface area contributed by atoms with Gasteiger partial charge in [-0.2, -0.15) is 0 Å². The first-order chi connectivity index (χ1) is 8.54. The van der Waals surface area contributed by atoms with Crippen LogP contribution in [0.3, 0.4) is 0 Å². The molecule has 0 bridgehead atoms. The van der Waals surface area contributed by atoms with E-state index in [2.05, 4.69) is 43.0 Å². The van der Waals surface area contributed by atoms with Gasteiger partial charge in [0, 0.05) is 31.9 Å². The quantitative estimate of drug-likeness (QED) is 0.868. The van der Waals surface area contributed by atoms with Gasteiger partial charge in [-0.05, 0) is 38.3 Å². The van der Waals surface area contributed by atoms with E-state index in [4.69, 9.17) is 10.5 Å². The molecule has 2 rings (SSSR count). The molecule has 0 amide bonds. The normalized spacial score (nSPS) is 16.8. The van der Waals surface area contributed by atoms with Gasteiger partial charge >= 0.3 is 0 Å². The Morgan fingerprint density at radius 1 is 1.39 bits per heavy atom. The number of para-hydroxylation sites is 1. The summed E-state index contributed by atoms with van der Waals surface area (Å²) in [5.74, 6) is 0. The number of ether oxygens (including phenoxy) is 1. The lowest BCUT2D eigenvalue weighted by Crippen LogP contribution is -2.46. The van der Waals surface area contributed by atoms with E-state index in [0.717, 1.165) is 25.9 Å². The highest BCUT2D eigenvalue weighted by Crippen LogP contribution is 2.28. The number of nitrogens with zero attached hydrogens (tertiary/aromatic N) is 1. The fourth-order valence-electron chi connectivity index (χ4n) is 2.43. The molecule has 1 aliphatic rings. The van der Waals surface area contributed by atoms with Gasteiger partial charge < -0.3 is 15.4 Å². The van der Waals surface area contributed by atoms with Crippen LogP contribution in [0.25, 0.3) is 0 Å². The summed E-state index contributed by atoms with van der Waals surface area (Å²) in [6.45, 7) is 6.22. The smallest absolute Gasteiger partial charge is 0.0773 e. The number of hydrogen-bond acceptors (Lipinski definition) is 3. The molecule has 0 spiro atoms. The Kier molecular flexibility index (Phi) is 3.93. The van der Waals surface area contributed by atoms with E-state index in [0.29, 0.717) is 0 Å². The minimum Gasteiger partial charge on any atom is -0.377 e. The van der Waals surface area contributed by atoms with Crippen LogP contribution in [0.4, 0.5) is 5.69 Å². The van der Waals surface area contributed by atoms with Crippen molar-refractivity contribution >= 4 is 5.69 Å². The number of methoxy groups -OCH3 is 1. The van der Waals surface area contributed by atoms with E-state index in [1.54, 1.807) is 7.11 Å². The molecule has 2 N–H and O–H groups in total. The van der Waals surface area contributed by atoms with Crippen molar-refractivity contribution in [1.82, 2.24) is 0 Å². The van der Waals surface area contributed by atoms with E-state index in [-0.39, 0.29) is 11.6 Å². The Morgan fingerprint density at radius 3 is 2.83 bits per heavy atom. The van der Waals surface area contributed by atoms with Gasteiger partial charge in [0.25, 0.3) is 0 Å². The number of rotatable bonds is 5. The van der Waals surface area contributed by atoms with Crippen LogP contribution < -0.4 is 10.6 Å². The van der Waals surface area contributed by atoms with Crippen molar-refractivity contribution in [3.8, 4) is 0 Å². The Labute approximate surface area is 110 Å². The van der Waals surface area contributed by atoms with Crippen molar-refractivity contribution in [3.05, 3.63) is 29.8 Å². The van der Waals surface area contributed by atoms with E-state index in [1.165, 1.54) is 11.3 Å². The molecule has 0 aromatic heterocycles. The summed E-state index contributed by atoms with van der Waals surface area (Å²) in [6, 6.07) is 8.71. The fraction of sp³-hybridized carbons (Fsp3) is 0.600. The second kappa shape index (κ2) is 5.29. The Balaban J connectivity index is 1.93. The minimum atomic E-state index is -0.251. The van der Waals surface area contributed by atoms with Gasteiger partial charge in [0.05, 0.1) is 5.60 Å². The highest BCUT2D eigenvalue weighted by atomic mass is 16.5. The molecule has 1 aromatic carbocycles. The zero-order valence-corrected chi connectivity index (χ0v) is 11.6. The maximum absolute atomic E-state index is 6.21. The molecule has 0 fully saturated rings. The van der Waals surface area contributed by atoms with Crippen LogP contribution >= 0.6 is 0 Å². The second-order valence-corrected chi connectivity index (χ2v) is 5.57. The van der Waals surface area contributed by atoms with Gasteiger partial charge in [0.1, 0.15) is 0 Å². The molecule has 0 saturated carbocycles. The van der Waals surface area contributed by atoms with Gasteiger partial charge in [-0.1, -0.05) is 18.2 Å². The van der Waals surface area contributed by atoms with Crippen molar-refractivity contribution in [1.29, 1.82) is 0 Å². The highest BCUT2D eigenvalue weighted by Gasteiger charge is 2.27. The van der Waals surface area contributed by atoms with Crippen LogP contribution in [0.5, 0.6) is 0 Å². The largest absolute Gasteiger partial charge is 0.377 e. The van der Waals surface area contributed by atoms with Crippen molar-refractivity contribution in [3.63, 3.8) is 0 Å². The van der Waals surface area contributed by atoms with Crippen molar-refractivity contribution in [2.75, 3.05) is 25.1 Å². The number of benzene rings is 1. The lowest BCUT2D eigenvalue weighted by atomic mass is 9.96. The van der Waals surface area contributed by atoms with E-state index >= 15 is 0 Å². The van der Waals surface area contributed by atoms with Crippen LogP contribution in [-0.2, 0) is 11.2 Å². The molecule has 0 saturated heterocycles. The van der Waals surface area contributed by atoms with Crippen LogP contribution in [0.1, 0.15) is 25.8 Å². The summed E-state index contributed by atoms with van der Waals surface area (Å²) in [4.78, 5) is 2.43. The van der Waals surface area contributed by atoms with E-state index in [9.17, 15) is 0 Å². The Bertz CT molecular complexity index is 403. The summed E-state index contributed by atoms with van der Waals surface area (Å²) in [7, 11) is 1.73. The average molecular weight is 248 g/mol. The first kappa shape index (κ1) is 13.4. The van der Waals surface area contributed by atoms with E-state index < -0.39 is 0 Å². The predicted molar refractivity (Wildman–Crippen MR) is 76.0 cm³/mol. The lowest BCUT2D eigenvalue weighted by molar-refractivity contribution is -0.000870. The maximum Gasteiger partial charge on any atom is 0.0773 e. The third-order valence-corrected chi connectivity index (χ3v) is 4.11. The standard InChI is InChI=1S/C15H24N2O/c1-15(2,18-3)14(16)9-11-17-10-8-12-6-4-5-7-13(12)17/h4-7,14H,8-11,16H2,1-3H3. The number of anilines is 1. The molecule has 3 heteroatoms. The minimum absolute atomic E-state index is 0.0651. The van der Waals surface area contributed by atoms with Crippen LogP contribution in [0.2, 0.25) is 0 Å². The number of hydrogen-bond donors (Lipinski definition) is 1. The maximum atomic E-state index is 6.21. The summed E-state index contributed by atoms with van der Waals surface area (Å²) in [5, 5.41) is 0. The predicted octanol–water partition coefficient (Wildman–Crippen LogP) is 2.19.